The first-order valence-corrected chi connectivity index (χ1v) is 8.30. The Morgan fingerprint density at radius 2 is 1.95 bits per heavy atom. The van der Waals surface area contributed by atoms with Gasteiger partial charge in [-0.25, -0.2) is 12.8 Å². The molecule has 0 spiro atoms. The SMILES string of the molecule is Cc1cc(CO)cc(S(=O)(=O)Nc2ccccc2F)c1Br. The molecule has 0 radical (unpaired) electrons. The average molecular weight is 374 g/mol. The highest BCUT2D eigenvalue weighted by Gasteiger charge is 2.21. The van der Waals surface area contributed by atoms with Gasteiger partial charge in [0.05, 0.1) is 12.3 Å². The molecule has 0 atom stereocenters. The van der Waals surface area contributed by atoms with Crippen molar-refractivity contribution >= 4 is 31.6 Å². The molecule has 7 heteroatoms. The Kier molecular flexibility index (Phi) is 4.65. The highest BCUT2D eigenvalue weighted by atomic mass is 79.9. The maximum atomic E-state index is 13.6. The molecule has 0 heterocycles. The number of rotatable bonds is 4. The number of aryl methyl sites for hydroxylation is 1. The van der Waals surface area contributed by atoms with Gasteiger partial charge in [0, 0.05) is 4.47 Å². The van der Waals surface area contributed by atoms with E-state index in [2.05, 4.69) is 20.7 Å². The summed E-state index contributed by atoms with van der Waals surface area (Å²) in [6, 6.07) is 8.53. The van der Waals surface area contributed by atoms with Crippen LogP contribution >= 0.6 is 15.9 Å². The molecule has 2 rings (SSSR count). The normalized spacial score (nSPS) is 11.4. The fourth-order valence-corrected chi connectivity index (χ4v) is 3.98. The second kappa shape index (κ2) is 6.13. The Morgan fingerprint density at radius 3 is 2.57 bits per heavy atom. The maximum Gasteiger partial charge on any atom is 0.263 e. The first kappa shape index (κ1) is 15.9. The van der Waals surface area contributed by atoms with Gasteiger partial charge in [0.2, 0.25) is 0 Å². The minimum atomic E-state index is -3.97. The van der Waals surface area contributed by atoms with Gasteiger partial charge in [0.1, 0.15) is 10.7 Å². The molecule has 0 amide bonds. The van der Waals surface area contributed by atoms with Gasteiger partial charge in [-0.15, -0.1) is 0 Å². The summed E-state index contributed by atoms with van der Waals surface area (Å²) < 4.78 is 41.0. The lowest BCUT2D eigenvalue weighted by Gasteiger charge is -2.13. The second-order valence-electron chi connectivity index (χ2n) is 4.47. The molecule has 2 aromatic carbocycles. The van der Waals surface area contributed by atoms with Crippen LogP contribution in [0.25, 0.3) is 0 Å². The van der Waals surface area contributed by atoms with Crippen LogP contribution in [0.2, 0.25) is 0 Å². The van der Waals surface area contributed by atoms with Gasteiger partial charge in [0.25, 0.3) is 10.0 Å². The van der Waals surface area contributed by atoms with E-state index >= 15 is 0 Å². The van der Waals surface area contributed by atoms with E-state index in [-0.39, 0.29) is 17.2 Å². The number of aliphatic hydroxyl groups is 1. The average Bonchev–Trinajstić information content (AvgIpc) is 2.43. The highest BCUT2D eigenvalue weighted by Crippen LogP contribution is 2.29. The maximum absolute atomic E-state index is 13.6. The molecule has 2 aromatic rings. The quantitative estimate of drug-likeness (QED) is 0.864. The van der Waals surface area contributed by atoms with E-state index in [0.29, 0.717) is 15.6 Å². The molecule has 0 saturated heterocycles. The predicted molar refractivity (Wildman–Crippen MR) is 82.0 cm³/mol. The summed E-state index contributed by atoms with van der Waals surface area (Å²) >= 11 is 3.22. The Morgan fingerprint density at radius 1 is 1.29 bits per heavy atom. The Labute approximate surface area is 130 Å². The number of halogens is 2. The van der Waals surface area contributed by atoms with Crippen LogP contribution < -0.4 is 4.72 Å². The van der Waals surface area contributed by atoms with Crippen molar-refractivity contribution in [2.45, 2.75) is 18.4 Å². The molecule has 0 aliphatic heterocycles. The van der Waals surface area contributed by atoms with Gasteiger partial charge in [-0.05, 0) is 52.2 Å². The van der Waals surface area contributed by atoms with Crippen LogP contribution in [0.15, 0.2) is 45.8 Å². The smallest absolute Gasteiger partial charge is 0.263 e. The largest absolute Gasteiger partial charge is 0.392 e. The van der Waals surface area contributed by atoms with Crippen LogP contribution in [0.1, 0.15) is 11.1 Å². The lowest BCUT2D eigenvalue weighted by Crippen LogP contribution is -2.15. The van der Waals surface area contributed by atoms with Crippen molar-refractivity contribution in [1.82, 2.24) is 0 Å². The minimum absolute atomic E-state index is 0.0465. The third-order valence-corrected chi connectivity index (χ3v) is 5.58. The molecular formula is C14H13BrFNO3S. The third kappa shape index (κ3) is 3.42. The number of anilines is 1. The molecule has 0 fully saturated rings. The van der Waals surface area contributed by atoms with Crippen LogP contribution in [0.3, 0.4) is 0 Å². The van der Waals surface area contributed by atoms with Crippen molar-refractivity contribution in [2.75, 3.05) is 4.72 Å². The van der Waals surface area contributed by atoms with E-state index in [1.54, 1.807) is 13.0 Å². The monoisotopic (exact) mass is 373 g/mol. The molecule has 0 saturated carbocycles. The summed E-state index contributed by atoms with van der Waals surface area (Å²) in [5.41, 5.74) is 0.997. The van der Waals surface area contributed by atoms with Gasteiger partial charge in [-0.3, -0.25) is 4.72 Å². The summed E-state index contributed by atoms with van der Waals surface area (Å²) in [6.07, 6.45) is 0. The van der Waals surface area contributed by atoms with Crippen LogP contribution in [0.5, 0.6) is 0 Å². The van der Waals surface area contributed by atoms with Crippen LogP contribution in [0, 0.1) is 12.7 Å². The van der Waals surface area contributed by atoms with E-state index in [1.165, 1.54) is 30.3 Å². The zero-order chi connectivity index (χ0) is 15.6. The third-order valence-electron chi connectivity index (χ3n) is 2.87. The fraction of sp³-hybridized carbons (Fsp3) is 0.143. The van der Waals surface area contributed by atoms with Gasteiger partial charge in [-0.2, -0.15) is 0 Å². The topological polar surface area (TPSA) is 66.4 Å². The number of para-hydroxylation sites is 1. The van der Waals surface area contributed by atoms with Crippen LogP contribution in [0.4, 0.5) is 10.1 Å². The number of aliphatic hydroxyl groups excluding tert-OH is 1. The fourth-order valence-electron chi connectivity index (χ4n) is 1.84. The standard InChI is InChI=1S/C14H13BrFNO3S/c1-9-6-10(8-18)7-13(14(9)15)21(19,20)17-12-5-3-2-4-11(12)16/h2-7,17-18H,8H2,1H3. The predicted octanol–water partition coefficient (Wildman–Crippen LogP) is 3.19. The lowest BCUT2D eigenvalue weighted by molar-refractivity contribution is 0.281. The number of hydrogen-bond acceptors (Lipinski definition) is 3. The molecular weight excluding hydrogens is 361 g/mol. The Bertz CT molecular complexity index is 778. The molecule has 4 nitrogen and oxygen atoms in total. The van der Waals surface area contributed by atoms with Gasteiger partial charge < -0.3 is 5.11 Å². The van der Waals surface area contributed by atoms with Gasteiger partial charge in [0.15, 0.2) is 0 Å². The van der Waals surface area contributed by atoms with Crippen molar-refractivity contribution < 1.29 is 17.9 Å². The first-order chi connectivity index (χ1) is 9.85. The van der Waals surface area contributed by atoms with Crippen LogP contribution in [-0.2, 0) is 16.6 Å². The summed E-state index contributed by atoms with van der Waals surface area (Å²) in [5, 5.41) is 9.19. The van der Waals surface area contributed by atoms with Gasteiger partial charge in [-0.1, -0.05) is 18.2 Å². The molecule has 2 N–H and O–H groups in total. The summed E-state index contributed by atoms with van der Waals surface area (Å²) in [6.45, 7) is 1.43. The molecule has 0 bridgehead atoms. The van der Waals surface area contributed by atoms with Crippen LogP contribution in [-0.4, -0.2) is 13.5 Å². The lowest BCUT2D eigenvalue weighted by atomic mass is 10.1. The van der Waals surface area contributed by atoms with Gasteiger partial charge >= 0.3 is 0 Å². The minimum Gasteiger partial charge on any atom is -0.392 e. The number of sulfonamides is 1. The summed E-state index contributed by atoms with van der Waals surface area (Å²) in [5.74, 6) is -0.660. The zero-order valence-electron chi connectivity index (χ0n) is 11.1. The number of nitrogens with one attached hydrogen (secondary N) is 1. The summed E-state index contributed by atoms with van der Waals surface area (Å²) in [7, 11) is -3.97. The number of hydrogen-bond donors (Lipinski definition) is 2. The van der Waals surface area contributed by atoms with E-state index in [9.17, 15) is 17.9 Å². The van der Waals surface area contributed by atoms with E-state index in [4.69, 9.17) is 0 Å². The van der Waals surface area contributed by atoms with E-state index in [0.717, 1.165) is 0 Å². The molecule has 0 aliphatic rings. The molecule has 0 unspecified atom stereocenters. The molecule has 112 valence electrons. The van der Waals surface area contributed by atoms with E-state index in [1.807, 2.05) is 0 Å². The molecule has 0 aliphatic carbocycles. The molecule has 0 aromatic heterocycles. The Hall–Kier alpha value is -1.44. The summed E-state index contributed by atoms with van der Waals surface area (Å²) in [4.78, 5) is -0.0465. The zero-order valence-corrected chi connectivity index (χ0v) is 13.5. The highest BCUT2D eigenvalue weighted by molar-refractivity contribution is 9.10. The Balaban J connectivity index is 2.50. The number of benzene rings is 2. The van der Waals surface area contributed by atoms with Crippen molar-refractivity contribution in [3.8, 4) is 0 Å². The van der Waals surface area contributed by atoms with Crippen molar-refractivity contribution in [1.29, 1.82) is 0 Å². The van der Waals surface area contributed by atoms with Crippen molar-refractivity contribution in [3.63, 3.8) is 0 Å². The van der Waals surface area contributed by atoms with Crippen molar-refractivity contribution in [3.05, 3.63) is 57.8 Å². The molecule has 21 heavy (non-hydrogen) atoms. The first-order valence-electron chi connectivity index (χ1n) is 6.02. The van der Waals surface area contributed by atoms with E-state index < -0.39 is 15.8 Å². The van der Waals surface area contributed by atoms with Crippen molar-refractivity contribution in [2.24, 2.45) is 0 Å². The second-order valence-corrected chi connectivity index (χ2v) is 6.91.